The van der Waals surface area contributed by atoms with Crippen LogP contribution in [0.4, 0.5) is 0 Å². The van der Waals surface area contributed by atoms with Gasteiger partial charge in [-0.15, -0.1) is 11.3 Å². The van der Waals surface area contributed by atoms with Crippen molar-refractivity contribution >= 4 is 33.7 Å². The maximum Gasteiger partial charge on any atom is 0.262 e. The molecule has 0 radical (unpaired) electrons. The number of hydrogen-bond donors (Lipinski definition) is 1. The lowest BCUT2D eigenvalue weighted by Crippen LogP contribution is -2.29. The van der Waals surface area contributed by atoms with Gasteiger partial charge in [0, 0.05) is 16.5 Å². The number of ether oxygens (including phenoxy) is 2. The lowest BCUT2D eigenvalue weighted by atomic mass is 10.2. The predicted octanol–water partition coefficient (Wildman–Crippen LogP) is 3.29. The second kappa shape index (κ2) is 9.44. The van der Waals surface area contributed by atoms with Crippen LogP contribution >= 0.6 is 11.3 Å². The van der Waals surface area contributed by atoms with Crippen molar-refractivity contribution < 1.29 is 14.3 Å². The van der Waals surface area contributed by atoms with Crippen LogP contribution in [0.1, 0.15) is 5.56 Å². The van der Waals surface area contributed by atoms with E-state index in [9.17, 15) is 9.59 Å². The van der Waals surface area contributed by atoms with E-state index in [4.69, 9.17) is 9.47 Å². The summed E-state index contributed by atoms with van der Waals surface area (Å²) in [6, 6.07) is 16.8. The van der Waals surface area contributed by atoms with Gasteiger partial charge < -0.3 is 9.47 Å². The number of nitrogens with one attached hydrogen (secondary N) is 1. The molecule has 0 aliphatic heterocycles. The number of aromatic nitrogens is 2. The molecule has 0 fully saturated rings. The van der Waals surface area contributed by atoms with Crippen LogP contribution in [-0.4, -0.2) is 35.9 Å². The Balaban J connectivity index is 1.47. The van der Waals surface area contributed by atoms with E-state index < -0.39 is 5.91 Å². The molecule has 0 unspecified atom stereocenters. The third kappa shape index (κ3) is 4.52. The van der Waals surface area contributed by atoms with Gasteiger partial charge in [-0.05, 0) is 23.8 Å². The van der Waals surface area contributed by atoms with E-state index in [2.05, 4.69) is 15.5 Å². The van der Waals surface area contributed by atoms with E-state index in [-0.39, 0.29) is 12.1 Å². The van der Waals surface area contributed by atoms with Gasteiger partial charge >= 0.3 is 0 Å². The predicted molar refractivity (Wildman–Crippen MR) is 125 cm³/mol. The summed E-state index contributed by atoms with van der Waals surface area (Å²) in [7, 11) is 3.10. The number of nitrogens with zero attached hydrogens (tertiary/aromatic N) is 3. The number of carbonyl (C=O) groups excluding carboxylic acids is 1. The Labute approximate surface area is 187 Å². The summed E-state index contributed by atoms with van der Waals surface area (Å²) in [4.78, 5) is 31.1. The van der Waals surface area contributed by atoms with Crippen molar-refractivity contribution in [3.05, 3.63) is 76.8 Å². The Hall–Kier alpha value is -3.98. The summed E-state index contributed by atoms with van der Waals surface area (Å²) in [6.07, 6.45) is 2.84. The third-order valence-electron chi connectivity index (χ3n) is 4.72. The molecule has 32 heavy (non-hydrogen) atoms. The standard InChI is InChI=1S/C23H20N4O4S/c1-30-17-9-8-16(19(10-17)31-2)12-25-26-21(28)13-27-14-24-22-18(23(27)29)11-20(32-22)15-6-4-3-5-7-15/h3-12,14H,13H2,1-2H3,(H,26,28)/b25-12+. The molecule has 0 bridgehead atoms. The third-order valence-corrected chi connectivity index (χ3v) is 5.82. The zero-order chi connectivity index (χ0) is 22.5. The molecule has 1 N–H and O–H groups in total. The number of hydrogen-bond acceptors (Lipinski definition) is 7. The van der Waals surface area contributed by atoms with Crippen molar-refractivity contribution in [1.29, 1.82) is 0 Å². The Morgan fingerprint density at radius 1 is 1.16 bits per heavy atom. The first kappa shape index (κ1) is 21.3. The van der Waals surface area contributed by atoms with E-state index in [1.807, 2.05) is 36.4 Å². The van der Waals surface area contributed by atoms with Crippen molar-refractivity contribution in [2.75, 3.05) is 14.2 Å². The minimum atomic E-state index is -0.449. The number of methoxy groups -OCH3 is 2. The highest BCUT2D eigenvalue weighted by atomic mass is 32.1. The summed E-state index contributed by atoms with van der Waals surface area (Å²) in [5.74, 6) is 0.754. The van der Waals surface area contributed by atoms with Gasteiger partial charge in [-0.3, -0.25) is 14.2 Å². The SMILES string of the molecule is COc1ccc(/C=N/NC(=O)Cn2cnc3sc(-c4ccccc4)cc3c2=O)c(OC)c1. The van der Waals surface area contributed by atoms with Crippen LogP contribution in [0.15, 0.2) is 70.8 Å². The molecule has 4 rings (SSSR count). The largest absolute Gasteiger partial charge is 0.497 e. The Morgan fingerprint density at radius 3 is 2.72 bits per heavy atom. The molecule has 2 aromatic heterocycles. The summed E-state index contributed by atoms with van der Waals surface area (Å²) < 4.78 is 11.7. The number of thiophene rings is 1. The van der Waals surface area contributed by atoms with Gasteiger partial charge in [0.1, 0.15) is 22.9 Å². The first-order valence-electron chi connectivity index (χ1n) is 9.67. The van der Waals surface area contributed by atoms with Crippen LogP contribution in [-0.2, 0) is 11.3 Å². The van der Waals surface area contributed by atoms with Crippen LogP contribution < -0.4 is 20.5 Å². The maximum absolute atomic E-state index is 12.8. The molecule has 1 amide bonds. The maximum atomic E-state index is 12.8. The molecular weight excluding hydrogens is 428 g/mol. The van der Waals surface area contributed by atoms with E-state index >= 15 is 0 Å². The normalized spacial score (nSPS) is 11.1. The van der Waals surface area contributed by atoms with Crippen molar-refractivity contribution in [1.82, 2.24) is 15.0 Å². The zero-order valence-electron chi connectivity index (χ0n) is 17.4. The fourth-order valence-corrected chi connectivity index (χ4v) is 4.10. The highest BCUT2D eigenvalue weighted by molar-refractivity contribution is 7.21. The highest BCUT2D eigenvalue weighted by Gasteiger charge is 2.12. The molecule has 0 saturated heterocycles. The monoisotopic (exact) mass is 448 g/mol. The molecule has 0 spiro atoms. The lowest BCUT2D eigenvalue weighted by Gasteiger charge is -2.07. The fourth-order valence-electron chi connectivity index (χ4n) is 3.11. The molecule has 0 aliphatic rings. The van der Waals surface area contributed by atoms with Gasteiger partial charge in [0.05, 0.1) is 32.1 Å². The van der Waals surface area contributed by atoms with E-state index in [1.165, 1.54) is 35.6 Å². The number of fused-ring (bicyclic) bond motifs is 1. The van der Waals surface area contributed by atoms with Crippen molar-refractivity contribution in [2.24, 2.45) is 5.10 Å². The molecule has 4 aromatic rings. The van der Waals surface area contributed by atoms with Gasteiger partial charge in [0.25, 0.3) is 11.5 Å². The summed E-state index contributed by atoms with van der Waals surface area (Å²) in [5.41, 5.74) is 3.83. The Kier molecular flexibility index (Phi) is 6.27. The highest BCUT2D eigenvalue weighted by Crippen LogP contribution is 2.30. The fraction of sp³-hybridized carbons (Fsp3) is 0.130. The number of hydrazone groups is 1. The van der Waals surface area contributed by atoms with Crippen molar-refractivity contribution in [3.8, 4) is 21.9 Å². The molecule has 0 saturated carbocycles. The average molecular weight is 449 g/mol. The molecule has 2 heterocycles. The number of benzene rings is 2. The van der Waals surface area contributed by atoms with E-state index in [0.717, 1.165) is 10.4 Å². The number of rotatable bonds is 7. The second-order valence-corrected chi connectivity index (χ2v) is 7.80. The summed E-state index contributed by atoms with van der Waals surface area (Å²) >= 11 is 1.44. The summed E-state index contributed by atoms with van der Waals surface area (Å²) in [6.45, 7) is -0.199. The average Bonchev–Trinajstić information content (AvgIpc) is 3.27. The van der Waals surface area contributed by atoms with Crippen molar-refractivity contribution in [3.63, 3.8) is 0 Å². The molecule has 0 aliphatic carbocycles. The smallest absolute Gasteiger partial charge is 0.262 e. The Bertz CT molecular complexity index is 1350. The molecule has 0 atom stereocenters. The van der Waals surface area contributed by atoms with Crippen molar-refractivity contribution in [2.45, 2.75) is 6.54 Å². The van der Waals surface area contributed by atoms with Crippen LogP contribution in [0.5, 0.6) is 11.5 Å². The molecular formula is C23H20N4O4S. The lowest BCUT2D eigenvalue weighted by molar-refractivity contribution is -0.121. The van der Waals surface area contributed by atoms with Crippen LogP contribution in [0.25, 0.3) is 20.7 Å². The van der Waals surface area contributed by atoms with Gasteiger partial charge in [-0.25, -0.2) is 10.4 Å². The van der Waals surface area contributed by atoms with Gasteiger partial charge in [-0.1, -0.05) is 30.3 Å². The molecule has 9 heteroatoms. The first-order chi connectivity index (χ1) is 15.6. The second-order valence-electron chi connectivity index (χ2n) is 6.77. The summed E-state index contributed by atoms with van der Waals surface area (Å²) in [5, 5.41) is 4.44. The zero-order valence-corrected chi connectivity index (χ0v) is 18.3. The first-order valence-corrected chi connectivity index (χ1v) is 10.5. The molecule has 2 aromatic carbocycles. The van der Waals surface area contributed by atoms with Crippen LogP contribution in [0, 0.1) is 0 Å². The quantitative estimate of drug-likeness (QED) is 0.346. The molecule has 8 nitrogen and oxygen atoms in total. The number of carbonyl (C=O) groups is 1. The van der Waals surface area contributed by atoms with Gasteiger partial charge in [-0.2, -0.15) is 5.10 Å². The molecule has 162 valence electrons. The number of amides is 1. The van der Waals surface area contributed by atoms with Gasteiger partial charge in [0.2, 0.25) is 0 Å². The Morgan fingerprint density at radius 2 is 1.97 bits per heavy atom. The van der Waals surface area contributed by atoms with E-state index in [1.54, 1.807) is 25.3 Å². The van der Waals surface area contributed by atoms with Crippen LogP contribution in [0.3, 0.4) is 0 Å². The topological polar surface area (TPSA) is 94.8 Å². The van der Waals surface area contributed by atoms with E-state index in [0.29, 0.717) is 27.3 Å². The minimum Gasteiger partial charge on any atom is -0.497 e. The van der Waals surface area contributed by atoms with Crippen LogP contribution in [0.2, 0.25) is 0 Å². The minimum absolute atomic E-state index is 0.199. The van der Waals surface area contributed by atoms with Gasteiger partial charge in [0.15, 0.2) is 0 Å².